The van der Waals surface area contributed by atoms with Gasteiger partial charge < -0.3 is 10.1 Å². The maximum Gasteiger partial charge on any atom is 0.123 e. The molecule has 0 bridgehead atoms. The maximum absolute atomic E-state index is 13.0. The van der Waals surface area contributed by atoms with E-state index in [4.69, 9.17) is 4.74 Å². The van der Waals surface area contributed by atoms with Crippen LogP contribution in [0.15, 0.2) is 24.3 Å². The molecule has 1 aliphatic heterocycles. The van der Waals surface area contributed by atoms with Crippen LogP contribution in [0.2, 0.25) is 0 Å². The van der Waals surface area contributed by atoms with Crippen molar-refractivity contribution in [2.75, 3.05) is 6.61 Å². The van der Waals surface area contributed by atoms with Gasteiger partial charge in [-0.3, -0.25) is 0 Å². The van der Waals surface area contributed by atoms with Crippen LogP contribution in [0.1, 0.15) is 63.5 Å². The topological polar surface area (TPSA) is 21.3 Å². The molecule has 21 heavy (non-hydrogen) atoms. The Morgan fingerprint density at radius 1 is 1.19 bits per heavy atom. The van der Waals surface area contributed by atoms with Gasteiger partial charge in [0.05, 0.1) is 5.60 Å². The first kappa shape index (κ1) is 15.0. The SMILES string of the molecule is C[C@H](NC1CCOC2(CCCCC2)C1)c1ccc(F)cc1. The molecule has 2 atom stereocenters. The molecular weight excluding hydrogens is 265 g/mol. The number of rotatable bonds is 3. The van der Waals surface area contributed by atoms with Crippen molar-refractivity contribution in [1.29, 1.82) is 0 Å². The third-order valence-electron chi connectivity index (χ3n) is 5.11. The molecule has 1 saturated heterocycles. The minimum atomic E-state index is -0.168. The van der Waals surface area contributed by atoms with Crippen molar-refractivity contribution in [2.24, 2.45) is 0 Å². The molecule has 0 aromatic heterocycles. The number of ether oxygens (including phenoxy) is 1. The van der Waals surface area contributed by atoms with E-state index < -0.39 is 0 Å². The Hall–Kier alpha value is -0.930. The van der Waals surface area contributed by atoms with E-state index in [0.717, 1.165) is 25.0 Å². The Bertz CT molecular complexity index is 447. The van der Waals surface area contributed by atoms with Crippen LogP contribution in [-0.2, 0) is 4.74 Å². The zero-order valence-electron chi connectivity index (χ0n) is 12.9. The van der Waals surface area contributed by atoms with Crippen molar-refractivity contribution >= 4 is 0 Å². The van der Waals surface area contributed by atoms with E-state index in [2.05, 4.69) is 12.2 Å². The second-order valence-corrected chi connectivity index (χ2v) is 6.72. The Balaban J connectivity index is 1.60. The third kappa shape index (κ3) is 3.64. The summed E-state index contributed by atoms with van der Waals surface area (Å²) >= 11 is 0. The van der Waals surface area contributed by atoms with Gasteiger partial charge in [-0.05, 0) is 50.3 Å². The zero-order chi connectivity index (χ0) is 14.7. The molecular formula is C18H26FNO. The molecule has 1 saturated carbocycles. The van der Waals surface area contributed by atoms with Gasteiger partial charge in [-0.25, -0.2) is 4.39 Å². The normalized spacial score (nSPS) is 26.7. The van der Waals surface area contributed by atoms with Gasteiger partial charge in [0.15, 0.2) is 0 Å². The molecule has 0 amide bonds. The van der Waals surface area contributed by atoms with Gasteiger partial charge in [-0.15, -0.1) is 0 Å². The van der Waals surface area contributed by atoms with Gasteiger partial charge in [0.1, 0.15) is 5.82 Å². The molecule has 1 N–H and O–H groups in total. The van der Waals surface area contributed by atoms with Crippen LogP contribution in [0, 0.1) is 5.82 Å². The molecule has 0 radical (unpaired) electrons. The summed E-state index contributed by atoms with van der Waals surface area (Å²) in [5.41, 5.74) is 1.29. The van der Waals surface area contributed by atoms with E-state index in [-0.39, 0.29) is 17.5 Å². The van der Waals surface area contributed by atoms with Gasteiger partial charge in [-0.2, -0.15) is 0 Å². The number of halogens is 1. The fraction of sp³-hybridized carbons (Fsp3) is 0.667. The van der Waals surface area contributed by atoms with Crippen LogP contribution in [0.4, 0.5) is 4.39 Å². The molecule has 1 unspecified atom stereocenters. The molecule has 1 heterocycles. The van der Waals surface area contributed by atoms with Crippen LogP contribution < -0.4 is 5.32 Å². The maximum atomic E-state index is 13.0. The highest BCUT2D eigenvalue weighted by Gasteiger charge is 2.38. The van der Waals surface area contributed by atoms with E-state index in [9.17, 15) is 4.39 Å². The largest absolute Gasteiger partial charge is 0.375 e. The summed E-state index contributed by atoms with van der Waals surface area (Å²) in [6.07, 6.45) is 8.60. The Labute approximate surface area is 127 Å². The molecule has 2 fully saturated rings. The van der Waals surface area contributed by atoms with Crippen LogP contribution in [0.3, 0.4) is 0 Å². The van der Waals surface area contributed by atoms with Crippen molar-refractivity contribution in [1.82, 2.24) is 5.32 Å². The molecule has 1 aromatic carbocycles. The lowest BCUT2D eigenvalue weighted by Gasteiger charge is -2.44. The van der Waals surface area contributed by atoms with Crippen molar-refractivity contribution in [3.05, 3.63) is 35.6 Å². The lowest BCUT2D eigenvalue weighted by Crippen LogP contribution is -2.48. The summed E-state index contributed by atoms with van der Waals surface area (Å²) in [6.45, 7) is 3.03. The summed E-state index contributed by atoms with van der Waals surface area (Å²) < 4.78 is 19.2. The lowest BCUT2D eigenvalue weighted by molar-refractivity contribution is -0.110. The molecule has 2 aliphatic rings. The number of benzene rings is 1. The first-order chi connectivity index (χ1) is 10.2. The second kappa shape index (κ2) is 6.45. The fourth-order valence-electron chi connectivity index (χ4n) is 3.92. The van der Waals surface area contributed by atoms with Gasteiger partial charge in [0.25, 0.3) is 0 Å². The Morgan fingerprint density at radius 3 is 2.62 bits per heavy atom. The molecule has 3 heteroatoms. The standard InChI is InChI=1S/C18H26FNO/c1-14(15-5-7-16(19)8-6-15)20-17-9-12-21-18(13-17)10-3-2-4-11-18/h5-8,14,17,20H,2-4,9-13H2,1H3/t14-,17?/m0/s1. The first-order valence-corrected chi connectivity index (χ1v) is 8.32. The van der Waals surface area contributed by atoms with Crippen molar-refractivity contribution in [3.8, 4) is 0 Å². The fourth-order valence-corrected chi connectivity index (χ4v) is 3.92. The van der Waals surface area contributed by atoms with Crippen molar-refractivity contribution < 1.29 is 9.13 Å². The third-order valence-corrected chi connectivity index (χ3v) is 5.11. The lowest BCUT2D eigenvalue weighted by atomic mass is 9.78. The molecule has 1 aromatic rings. The number of hydrogen-bond donors (Lipinski definition) is 1. The summed E-state index contributed by atoms with van der Waals surface area (Å²) in [6, 6.07) is 7.61. The van der Waals surface area contributed by atoms with Gasteiger partial charge in [-0.1, -0.05) is 31.4 Å². The van der Waals surface area contributed by atoms with Gasteiger partial charge in [0.2, 0.25) is 0 Å². The summed E-state index contributed by atoms with van der Waals surface area (Å²) in [5, 5.41) is 3.72. The average Bonchev–Trinajstić information content (AvgIpc) is 2.49. The van der Waals surface area contributed by atoms with E-state index in [1.54, 1.807) is 12.1 Å². The van der Waals surface area contributed by atoms with E-state index in [1.165, 1.54) is 32.1 Å². The van der Waals surface area contributed by atoms with E-state index in [0.29, 0.717) is 6.04 Å². The predicted molar refractivity (Wildman–Crippen MR) is 82.7 cm³/mol. The smallest absolute Gasteiger partial charge is 0.123 e. The first-order valence-electron chi connectivity index (χ1n) is 8.32. The van der Waals surface area contributed by atoms with Crippen LogP contribution in [0.5, 0.6) is 0 Å². The van der Waals surface area contributed by atoms with E-state index in [1.807, 2.05) is 12.1 Å². The van der Waals surface area contributed by atoms with Crippen LogP contribution >= 0.6 is 0 Å². The second-order valence-electron chi connectivity index (χ2n) is 6.72. The monoisotopic (exact) mass is 291 g/mol. The predicted octanol–water partition coefficient (Wildman–Crippen LogP) is 4.36. The quantitative estimate of drug-likeness (QED) is 0.893. The van der Waals surface area contributed by atoms with Gasteiger partial charge in [0, 0.05) is 18.7 Å². The highest BCUT2D eigenvalue weighted by atomic mass is 19.1. The molecule has 116 valence electrons. The van der Waals surface area contributed by atoms with Crippen molar-refractivity contribution in [2.45, 2.75) is 69.6 Å². The van der Waals surface area contributed by atoms with Crippen molar-refractivity contribution in [3.63, 3.8) is 0 Å². The highest BCUT2D eigenvalue weighted by molar-refractivity contribution is 5.19. The molecule has 3 rings (SSSR count). The molecule has 1 spiro atoms. The number of nitrogens with one attached hydrogen (secondary N) is 1. The highest BCUT2D eigenvalue weighted by Crippen LogP contribution is 2.38. The van der Waals surface area contributed by atoms with Crippen LogP contribution in [-0.4, -0.2) is 18.2 Å². The zero-order valence-corrected chi connectivity index (χ0v) is 12.9. The minimum Gasteiger partial charge on any atom is -0.375 e. The Kier molecular flexibility index (Phi) is 4.60. The average molecular weight is 291 g/mol. The summed E-state index contributed by atoms with van der Waals surface area (Å²) in [4.78, 5) is 0. The molecule has 2 nitrogen and oxygen atoms in total. The Morgan fingerprint density at radius 2 is 1.90 bits per heavy atom. The minimum absolute atomic E-state index is 0.136. The summed E-state index contributed by atoms with van der Waals surface area (Å²) in [7, 11) is 0. The summed E-state index contributed by atoms with van der Waals surface area (Å²) in [5.74, 6) is -0.168. The van der Waals surface area contributed by atoms with Crippen LogP contribution in [0.25, 0.3) is 0 Å². The molecule has 1 aliphatic carbocycles. The number of hydrogen-bond acceptors (Lipinski definition) is 2. The van der Waals surface area contributed by atoms with E-state index >= 15 is 0 Å². The van der Waals surface area contributed by atoms with Gasteiger partial charge >= 0.3 is 0 Å².